The number of carbonyl (C=O) groups excluding carboxylic acids is 1. The number of nitrogens with zero attached hydrogens (tertiary/aromatic N) is 2. The fourth-order valence-corrected chi connectivity index (χ4v) is 6.38. The van der Waals surface area contributed by atoms with Gasteiger partial charge in [-0.15, -0.1) is 0 Å². The maximum absolute atomic E-state index is 15.1. The second-order valence-electron chi connectivity index (χ2n) is 9.69. The smallest absolute Gasteiger partial charge is 0.264 e. The van der Waals surface area contributed by atoms with Crippen molar-refractivity contribution in [3.8, 4) is 11.5 Å². The van der Waals surface area contributed by atoms with E-state index in [1.807, 2.05) is 0 Å². The molecule has 0 spiro atoms. The number of benzene rings is 4. The molecule has 1 amide bonds. The molecule has 43 heavy (non-hydrogen) atoms. The van der Waals surface area contributed by atoms with Gasteiger partial charge in [-0.1, -0.05) is 41.9 Å². The maximum Gasteiger partial charge on any atom is 0.264 e. The summed E-state index contributed by atoms with van der Waals surface area (Å²) in [5.74, 6) is -1.07. The van der Waals surface area contributed by atoms with Crippen LogP contribution in [0.3, 0.4) is 0 Å². The van der Waals surface area contributed by atoms with Crippen molar-refractivity contribution in [3.05, 3.63) is 119 Å². The number of rotatable bonds is 12. The van der Waals surface area contributed by atoms with E-state index in [9.17, 15) is 17.6 Å². The zero-order valence-corrected chi connectivity index (χ0v) is 25.4. The first kappa shape index (κ1) is 31.8. The molecule has 4 rings (SSSR count). The number of ether oxygens (including phenoxy) is 2. The summed E-state index contributed by atoms with van der Waals surface area (Å²) >= 11 is 5.96. The lowest BCUT2D eigenvalue weighted by Crippen LogP contribution is -2.34. The van der Waals surface area contributed by atoms with E-state index in [1.54, 1.807) is 67.4 Å². The number of para-hydroxylation sites is 2. The Morgan fingerprint density at radius 3 is 2.28 bits per heavy atom. The van der Waals surface area contributed by atoms with Gasteiger partial charge in [-0.2, -0.15) is 0 Å². The highest BCUT2D eigenvalue weighted by Gasteiger charge is 2.34. The minimum Gasteiger partial charge on any atom is -0.496 e. The summed E-state index contributed by atoms with van der Waals surface area (Å²) in [5, 5.41) is 0.324. The van der Waals surface area contributed by atoms with Gasteiger partial charge in [-0.3, -0.25) is 9.10 Å². The van der Waals surface area contributed by atoms with Gasteiger partial charge in [-0.05, 0) is 67.9 Å². The van der Waals surface area contributed by atoms with E-state index in [0.29, 0.717) is 40.6 Å². The fraction of sp³-hybridized carbons (Fsp3) is 0.219. The monoisotopic (exact) mass is 628 g/mol. The fourth-order valence-electron chi connectivity index (χ4n) is 4.62. The standard InChI is InChI=1S/C32H31ClF2N2O5S/c1-22(37(29-21-24(34)15-18-28(29)35)43(39,40)25-16-13-23(33)14-17-25)26-9-4-7-12-31(26)42-20-8-19-36(2)32(38)27-10-5-6-11-30(27)41-3/h4-7,9-18,21-22H,8,19-20H2,1-3H3. The molecule has 0 radical (unpaired) electrons. The van der Waals surface area contributed by atoms with Crippen molar-refractivity contribution in [1.82, 2.24) is 4.90 Å². The summed E-state index contributed by atoms with van der Waals surface area (Å²) in [6.07, 6.45) is 0.464. The first-order valence-corrected chi connectivity index (χ1v) is 15.2. The normalized spacial score (nSPS) is 12.0. The molecule has 226 valence electrons. The molecule has 0 aromatic heterocycles. The number of carbonyl (C=O) groups is 1. The number of hydrogen-bond acceptors (Lipinski definition) is 5. The largest absolute Gasteiger partial charge is 0.496 e. The van der Waals surface area contributed by atoms with Crippen LogP contribution in [0, 0.1) is 11.6 Å². The first-order chi connectivity index (χ1) is 20.5. The molecule has 0 aliphatic rings. The highest BCUT2D eigenvalue weighted by Crippen LogP contribution is 2.38. The van der Waals surface area contributed by atoms with Crippen LogP contribution >= 0.6 is 11.6 Å². The number of hydrogen-bond donors (Lipinski definition) is 0. The Hall–Kier alpha value is -4.15. The van der Waals surface area contributed by atoms with Crippen LogP contribution in [0.15, 0.2) is 95.9 Å². The Balaban J connectivity index is 1.57. The molecule has 1 unspecified atom stereocenters. The van der Waals surface area contributed by atoms with E-state index in [0.717, 1.165) is 22.5 Å². The summed E-state index contributed by atoms with van der Waals surface area (Å²) in [4.78, 5) is 14.3. The highest BCUT2D eigenvalue weighted by molar-refractivity contribution is 7.92. The van der Waals surface area contributed by atoms with E-state index >= 15 is 4.39 Å². The van der Waals surface area contributed by atoms with E-state index in [2.05, 4.69) is 0 Å². The molecule has 0 saturated heterocycles. The van der Waals surface area contributed by atoms with Crippen molar-refractivity contribution in [2.45, 2.75) is 24.3 Å². The number of halogens is 3. The minimum atomic E-state index is -4.39. The third-order valence-electron chi connectivity index (χ3n) is 6.82. The van der Waals surface area contributed by atoms with Crippen LogP contribution in [0.25, 0.3) is 0 Å². The Morgan fingerprint density at radius 1 is 0.930 bits per heavy atom. The second-order valence-corrected chi connectivity index (χ2v) is 11.9. The van der Waals surface area contributed by atoms with E-state index < -0.39 is 33.4 Å². The predicted octanol–water partition coefficient (Wildman–Crippen LogP) is 7.12. The van der Waals surface area contributed by atoms with Gasteiger partial charge in [0.05, 0.1) is 35.9 Å². The Morgan fingerprint density at radius 2 is 1.58 bits per heavy atom. The van der Waals surface area contributed by atoms with Crippen LogP contribution in [0.2, 0.25) is 5.02 Å². The lowest BCUT2D eigenvalue weighted by Gasteiger charge is -2.32. The van der Waals surface area contributed by atoms with Gasteiger partial charge < -0.3 is 14.4 Å². The lowest BCUT2D eigenvalue weighted by molar-refractivity contribution is 0.0784. The first-order valence-electron chi connectivity index (χ1n) is 13.4. The van der Waals surface area contributed by atoms with Crippen LogP contribution in [-0.4, -0.2) is 46.5 Å². The summed E-state index contributed by atoms with van der Waals surface area (Å²) < 4.78 is 69.4. The molecule has 0 saturated carbocycles. The number of anilines is 1. The van der Waals surface area contributed by atoms with Crippen molar-refractivity contribution in [2.75, 3.05) is 31.6 Å². The molecule has 0 heterocycles. The summed E-state index contributed by atoms with van der Waals surface area (Å²) in [6, 6.07) is 20.8. The van der Waals surface area contributed by atoms with Gasteiger partial charge in [0.1, 0.15) is 23.1 Å². The van der Waals surface area contributed by atoms with Crippen LogP contribution in [0.5, 0.6) is 11.5 Å². The van der Waals surface area contributed by atoms with Gasteiger partial charge >= 0.3 is 0 Å². The molecule has 4 aromatic carbocycles. The predicted molar refractivity (Wildman–Crippen MR) is 162 cm³/mol. The maximum atomic E-state index is 15.1. The molecular weight excluding hydrogens is 598 g/mol. The van der Waals surface area contributed by atoms with Crippen molar-refractivity contribution >= 4 is 33.2 Å². The van der Waals surface area contributed by atoms with Gasteiger partial charge in [0.15, 0.2) is 0 Å². The molecule has 0 fully saturated rings. The summed E-state index contributed by atoms with van der Waals surface area (Å²) in [5.41, 5.74) is 0.426. The van der Waals surface area contributed by atoms with Crippen LogP contribution in [0.4, 0.5) is 14.5 Å². The Kier molecular flexibility index (Phi) is 10.3. The summed E-state index contributed by atoms with van der Waals surface area (Å²) in [6.45, 7) is 2.14. The van der Waals surface area contributed by atoms with Crippen LogP contribution in [0.1, 0.15) is 35.3 Å². The molecule has 7 nitrogen and oxygen atoms in total. The van der Waals surface area contributed by atoms with Crippen molar-refractivity contribution in [1.29, 1.82) is 0 Å². The average molecular weight is 629 g/mol. The Labute approximate surface area is 255 Å². The molecular formula is C32H31ClF2N2O5S. The minimum absolute atomic E-state index is 0.145. The molecule has 0 aliphatic heterocycles. The van der Waals surface area contributed by atoms with Gasteiger partial charge in [0.2, 0.25) is 0 Å². The zero-order chi connectivity index (χ0) is 31.1. The molecule has 4 aromatic rings. The van der Waals surface area contributed by atoms with E-state index in [-0.39, 0.29) is 17.4 Å². The Bertz CT molecular complexity index is 1690. The summed E-state index contributed by atoms with van der Waals surface area (Å²) in [7, 11) is -1.21. The van der Waals surface area contributed by atoms with Gasteiger partial charge in [0.25, 0.3) is 15.9 Å². The van der Waals surface area contributed by atoms with Crippen LogP contribution in [-0.2, 0) is 10.0 Å². The number of amides is 1. The lowest BCUT2D eigenvalue weighted by atomic mass is 10.1. The van der Waals surface area contributed by atoms with Crippen LogP contribution < -0.4 is 13.8 Å². The third-order valence-corrected chi connectivity index (χ3v) is 8.97. The zero-order valence-electron chi connectivity index (χ0n) is 23.8. The molecule has 0 N–H and O–H groups in total. The van der Waals surface area contributed by atoms with Crippen molar-refractivity contribution in [2.24, 2.45) is 0 Å². The number of methoxy groups -OCH3 is 1. The topological polar surface area (TPSA) is 76.2 Å². The van der Waals surface area contributed by atoms with E-state index in [4.69, 9.17) is 21.1 Å². The van der Waals surface area contributed by atoms with Gasteiger partial charge in [-0.25, -0.2) is 17.2 Å². The van der Waals surface area contributed by atoms with Crippen molar-refractivity contribution in [3.63, 3.8) is 0 Å². The number of sulfonamides is 1. The quantitative estimate of drug-likeness (QED) is 0.156. The molecule has 11 heteroatoms. The molecule has 1 atom stereocenters. The van der Waals surface area contributed by atoms with E-state index in [1.165, 1.54) is 31.4 Å². The highest BCUT2D eigenvalue weighted by atomic mass is 35.5. The molecule has 0 bridgehead atoms. The SMILES string of the molecule is COc1ccccc1C(=O)N(C)CCCOc1ccccc1C(C)N(c1cc(F)ccc1F)S(=O)(=O)c1ccc(Cl)cc1. The second kappa shape index (κ2) is 13.9. The molecule has 0 aliphatic carbocycles. The third kappa shape index (κ3) is 7.26. The van der Waals surface area contributed by atoms with Gasteiger partial charge in [0, 0.05) is 30.2 Å². The average Bonchev–Trinajstić information content (AvgIpc) is 3.00. The van der Waals surface area contributed by atoms with Crippen molar-refractivity contribution < 1.29 is 31.5 Å².